The maximum atomic E-state index is 13.0. The predicted molar refractivity (Wildman–Crippen MR) is 122 cm³/mol. The van der Waals surface area contributed by atoms with Crippen molar-refractivity contribution < 1.29 is 14.3 Å². The van der Waals surface area contributed by atoms with Crippen LogP contribution < -0.4 is 14.4 Å². The number of hydrogen-bond acceptors (Lipinski definition) is 4. The number of rotatable bonds is 4. The van der Waals surface area contributed by atoms with Gasteiger partial charge in [-0.2, -0.15) is 0 Å². The molecule has 0 aliphatic carbocycles. The zero-order valence-electron chi connectivity index (χ0n) is 17.8. The van der Waals surface area contributed by atoms with Crippen molar-refractivity contribution in [2.45, 2.75) is 25.8 Å². The van der Waals surface area contributed by atoms with Crippen molar-refractivity contribution >= 4 is 22.6 Å². The fourth-order valence-corrected chi connectivity index (χ4v) is 4.71. The van der Waals surface area contributed by atoms with Crippen LogP contribution in [0.2, 0.25) is 0 Å². The van der Waals surface area contributed by atoms with E-state index in [4.69, 9.17) is 14.5 Å². The topological polar surface area (TPSA) is 56.6 Å². The molecule has 6 rings (SSSR count). The molecule has 0 bridgehead atoms. The molecule has 32 heavy (non-hydrogen) atoms. The number of nitrogens with zero attached hydrogens (tertiary/aromatic N) is 3. The third-order valence-electron chi connectivity index (χ3n) is 6.43. The number of anilines is 1. The van der Waals surface area contributed by atoms with Crippen LogP contribution in [0.5, 0.6) is 11.5 Å². The molecule has 1 atom stereocenters. The molecule has 160 valence electrons. The van der Waals surface area contributed by atoms with Crippen LogP contribution in [0.3, 0.4) is 0 Å². The van der Waals surface area contributed by atoms with Crippen molar-refractivity contribution in [1.82, 2.24) is 9.55 Å². The molecule has 6 nitrogen and oxygen atoms in total. The number of amides is 1. The minimum absolute atomic E-state index is 0.0179. The normalized spacial score (nSPS) is 17.5. The highest BCUT2D eigenvalue weighted by atomic mass is 16.7. The number of carbonyl (C=O) groups is 1. The van der Waals surface area contributed by atoms with Crippen molar-refractivity contribution in [3.05, 3.63) is 83.7 Å². The highest BCUT2D eigenvalue weighted by Crippen LogP contribution is 2.39. The Morgan fingerprint density at radius 1 is 1.00 bits per heavy atom. The predicted octanol–water partition coefficient (Wildman–Crippen LogP) is 4.64. The van der Waals surface area contributed by atoms with Crippen LogP contribution >= 0.6 is 0 Å². The van der Waals surface area contributed by atoms with Crippen LogP contribution in [-0.2, 0) is 11.3 Å². The maximum absolute atomic E-state index is 13.0. The number of aryl methyl sites for hydroxylation is 1. The number of para-hydroxylation sites is 2. The third kappa shape index (κ3) is 3.11. The van der Waals surface area contributed by atoms with E-state index in [0.717, 1.165) is 34.8 Å². The summed E-state index contributed by atoms with van der Waals surface area (Å²) in [5.74, 6) is 2.49. The zero-order valence-corrected chi connectivity index (χ0v) is 17.8. The van der Waals surface area contributed by atoms with E-state index in [9.17, 15) is 4.79 Å². The lowest BCUT2D eigenvalue weighted by molar-refractivity contribution is -0.117. The van der Waals surface area contributed by atoms with Gasteiger partial charge in [-0.3, -0.25) is 4.79 Å². The SMILES string of the molecule is Cc1ccccc1Cn1c(C2CC(=O)N(c3ccc4c(c3)OCO4)C2)nc2ccccc21. The molecule has 0 radical (unpaired) electrons. The summed E-state index contributed by atoms with van der Waals surface area (Å²) in [4.78, 5) is 19.8. The van der Waals surface area contributed by atoms with Gasteiger partial charge in [-0.05, 0) is 42.3 Å². The molecule has 1 fully saturated rings. The quantitative estimate of drug-likeness (QED) is 0.478. The standard InChI is InChI=1S/C26H23N3O3/c1-17-6-2-3-7-18(17)14-29-22-9-5-4-8-21(22)27-26(29)19-12-25(30)28(15-19)20-10-11-23-24(13-20)32-16-31-23/h2-11,13,19H,12,14-16H2,1H3. The second-order valence-electron chi connectivity index (χ2n) is 8.41. The first-order chi connectivity index (χ1) is 15.7. The molecule has 0 N–H and O–H groups in total. The average Bonchev–Trinajstić information content (AvgIpc) is 3.52. The van der Waals surface area contributed by atoms with E-state index in [2.05, 4.69) is 41.8 Å². The molecule has 1 aromatic heterocycles. The number of benzene rings is 3. The Bertz CT molecular complexity index is 1340. The van der Waals surface area contributed by atoms with E-state index in [1.807, 2.05) is 41.3 Å². The molecule has 2 aliphatic heterocycles. The van der Waals surface area contributed by atoms with Crippen molar-refractivity contribution in [1.29, 1.82) is 0 Å². The van der Waals surface area contributed by atoms with E-state index >= 15 is 0 Å². The second kappa shape index (κ2) is 7.41. The summed E-state index contributed by atoms with van der Waals surface area (Å²) in [6.45, 7) is 3.68. The van der Waals surface area contributed by atoms with E-state index in [0.29, 0.717) is 18.7 Å². The number of imidazole rings is 1. The first-order valence-electron chi connectivity index (χ1n) is 10.9. The molecule has 2 aliphatic rings. The molecule has 3 aromatic carbocycles. The Morgan fingerprint density at radius 2 is 1.81 bits per heavy atom. The summed E-state index contributed by atoms with van der Waals surface area (Å²) in [5, 5.41) is 0. The second-order valence-corrected chi connectivity index (χ2v) is 8.41. The summed E-state index contributed by atoms with van der Waals surface area (Å²) in [6.07, 6.45) is 0.436. The smallest absolute Gasteiger partial charge is 0.231 e. The lowest BCUT2D eigenvalue weighted by Crippen LogP contribution is -2.24. The molecule has 0 saturated carbocycles. The van der Waals surface area contributed by atoms with Gasteiger partial charge in [-0.15, -0.1) is 0 Å². The third-order valence-corrected chi connectivity index (χ3v) is 6.43. The van der Waals surface area contributed by atoms with E-state index in [-0.39, 0.29) is 18.6 Å². The van der Waals surface area contributed by atoms with Crippen molar-refractivity contribution in [2.24, 2.45) is 0 Å². The minimum atomic E-state index is 0.0179. The Balaban J connectivity index is 1.37. The molecule has 6 heteroatoms. The Morgan fingerprint density at radius 3 is 2.72 bits per heavy atom. The fraction of sp³-hybridized carbons (Fsp3) is 0.231. The number of fused-ring (bicyclic) bond motifs is 2. The fourth-order valence-electron chi connectivity index (χ4n) is 4.71. The molecule has 1 saturated heterocycles. The van der Waals surface area contributed by atoms with Gasteiger partial charge in [0, 0.05) is 37.2 Å². The maximum Gasteiger partial charge on any atom is 0.231 e. The van der Waals surface area contributed by atoms with Gasteiger partial charge in [0.05, 0.1) is 11.0 Å². The van der Waals surface area contributed by atoms with Gasteiger partial charge in [0.1, 0.15) is 5.82 Å². The van der Waals surface area contributed by atoms with Crippen LogP contribution in [0.25, 0.3) is 11.0 Å². The molecule has 1 amide bonds. The first kappa shape index (κ1) is 18.9. The summed E-state index contributed by atoms with van der Waals surface area (Å²) in [6, 6.07) is 22.3. The van der Waals surface area contributed by atoms with Gasteiger partial charge in [-0.1, -0.05) is 36.4 Å². The minimum Gasteiger partial charge on any atom is -0.454 e. The van der Waals surface area contributed by atoms with Gasteiger partial charge in [0.25, 0.3) is 0 Å². The van der Waals surface area contributed by atoms with Crippen LogP contribution in [0.1, 0.15) is 29.3 Å². The van der Waals surface area contributed by atoms with Crippen LogP contribution in [0.4, 0.5) is 5.69 Å². The molecular formula is C26H23N3O3. The summed E-state index contributed by atoms with van der Waals surface area (Å²) >= 11 is 0. The Hall–Kier alpha value is -3.80. The lowest BCUT2D eigenvalue weighted by atomic mass is 10.1. The number of carbonyl (C=O) groups excluding carboxylic acids is 1. The van der Waals surface area contributed by atoms with Crippen LogP contribution in [0, 0.1) is 6.92 Å². The summed E-state index contributed by atoms with van der Waals surface area (Å²) in [7, 11) is 0. The van der Waals surface area contributed by atoms with Gasteiger partial charge < -0.3 is 18.9 Å². The Kier molecular flexibility index (Phi) is 4.38. The lowest BCUT2D eigenvalue weighted by Gasteiger charge is -2.18. The number of ether oxygens (including phenoxy) is 2. The van der Waals surface area contributed by atoms with Gasteiger partial charge in [-0.25, -0.2) is 4.98 Å². The van der Waals surface area contributed by atoms with Crippen molar-refractivity contribution in [2.75, 3.05) is 18.2 Å². The van der Waals surface area contributed by atoms with Crippen molar-refractivity contribution in [3.8, 4) is 11.5 Å². The highest BCUT2D eigenvalue weighted by molar-refractivity contribution is 5.97. The van der Waals surface area contributed by atoms with Gasteiger partial charge >= 0.3 is 0 Å². The Labute approximate surface area is 186 Å². The molecule has 3 heterocycles. The number of hydrogen-bond donors (Lipinski definition) is 0. The van der Waals surface area contributed by atoms with Gasteiger partial charge in [0.2, 0.25) is 12.7 Å². The molecule has 0 spiro atoms. The first-order valence-corrected chi connectivity index (χ1v) is 10.9. The highest BCUT2D eigenvalue weighted by Gasteiger charge is 2.35. The largest absolute Gasteiger partial charge is 0.454 e. The monoisotopic (exact) mass is 425 g/mol. The van der Waals surface area contributed by atoms with Gasteiger partial charge in [0.15, 0.2) is 11.5 Å². The van der Waals surface area contributed by atoms with Crippen LogP contribution in [0.15, 0.2) is 66.7 Å². The van der Waals surface area contributed by atoms with Crippen molar-refractivity contribution in [3.63, 3.8) is 0 Å². The average molecular weight is 425 g/mol. The number of aromatic nitrogens is 2. The molecule has 1 unspecified atom stereocenters. The molecular weight excluding hydrogens is 402 g/mol. The summed E-state index contributed by atoms with van der Waals surface area (Å²) < 4.78 is 13.2. The summed E-state index contributed by atoms with van der Waals surface area (Å²) in [5.41, 5.74) is 5.41. The zero-order chi connectivity index (χ0) is 21.7. The van der Waals surface area contributed by atoms with E-state index in [1.54, 1.807) is 0 Å². The van der Waals surface area contributed by atoms with E-state index in [1.165, 1.54) is 11.1 Å². The molecule has 4 aromatic rings. The van der Waals surface area contributed by atoms with Crippen LogP contribution in [-0.4, -0.2) is 28.8 Å². The van der Waals surface area contributed by atoms with E-state index < -0.39 is 0 Å².